The van der Waals surface area contributed by atoms with Crippen molar-refractivity contribution in [2.75, 3.05) is 11.4 Å². The summed E-state index contributed by atoms with van der Waals surface area (Å²) in [5, 5.41) is 9.48. The molecule has 0 amide bonds. The molecule has 1 aliphatic rings. The molecule has 0 saturated heterocycles. The van der Waals surface area contributed by atoms with E-state index in [1.54, 1.807) is 0 Å². The standard InChI is InChI=1S/C17H16N2/c1-2-19-16-9-5-3-7-13(16)11-14(12-18)15-8-4-6-10-17(15)19/h3-10,14H,2,11H2,1H3/t14-/m0/s1. The van der Waals surface area contributed by atoms with Crippen molar-refractivity contribution in [3.63, 3.8) is 0 Å². The van der Waals surface area contributed by atoms with E-state index < -0.39 is 0 Å². The van der Waals surface area contributed by atoms with Crippen LogP contribution in [-0.2, 0) is 6.42 Å². The van der Waals surface area contributed by atoms with Gasteiger partial charge in [0.2, 0.25) is 0 Å². The minimum absolute atomic E-state index is 0.0612. The molecule has 0 aliphatic carbocycles. The lowest BCUT2D eigenvalue weighted by molar-refractivity contribution is 0.861. The number of nitrogens with zero attached hydrogens (tertiary/aromatic N) is 2. The molecule has 1 atom stereocenters. The van der Waals surface area contributed by atoms with Crippen LogP contribution in [0.3, 0.4) is 0 Å². The van der Waals surface area contributed by atoms with Gasteiger partial charge in [0.25, 0.3) is 0 Å². The average molecular weight is 248 g/mol. The molecule has 1 aliphatic heterocycles. The van der Waals surface area contributed by atoms with Crippen LogP contribution in [-0.4, -0.2) is 6.54 Å². The Kier molecular flexibility index (Phi) is 2.97. The molecule has 0 radical (unpaired) electrons. The molecule has 0 unspecified atom stereocenters. The zero-order valence-corrected chi connectivity index (χ0v) is 11.0. The van der Waals surface area contributed by atoms with E-state index >= 15 is 0 Å². The van der Waals surface area contributed by atoms with E-state index in [-0.39, 0.29) is 5.92 Å². The van der Waals surface area contributed by atoms with Crippen LogP contribution >= 0.6 is 0 Å². The number of fused-ring (bicyclic) bond motifs is 2. The summed E-state index contributed by atoms with van der Waals surface area (Å²) in [6.45, 7) is 3.06. The van der Waals surface area contributed by atoms with Crippen LogP contribution < -0.4 is 4.90 Å². The van der Waals surface area contributed by atoms with Crippen molar-refractivity contribution in [3.05, 3.63) is 59.7 Å². The van der Waals surface area contributed by atoms with Gasteiger partial charge in [0.15, 0.2) is 0 Å². The highest BCUT2D eigenvalue weighted by Gasteiger charge is 2.25. The number of hydrogen-bond acceptors (Lipinski definition) is 2. The fourth-order valence-electron chi connectivity index (χ4n) is 2.89. The molecule has 19 heavy (non-hydrogen) atoms. The minimum Gasteiger partial charge on any atom is -0.341 e. The lowest BCUT2D eigenvalue weighted by atomic mass is 9.93. The van der Waals surface area contributed by atoms with Crippen LogP contribution in [0.25, 0.3) is 0 Å². The zero-order chi connectivity index (χ0) is 13.2. The second-order valence-electron chi connectivity index (χ2n) is 4.82. The van der Waals surface area contributed by atoms with E-state index in [0.29, 0.717) is 0 Å². The fourth-order valence-corrected chi connectivity index (χ4v) is 2.89. The van der Waals surface area contributed by atoms with Crippen molar-refractivity contribution in [2.45, 2.75) is 19.3 Å². The molecule has 0 fully saturated rings. The smallest absolute Gasteiger partial charge is 0.0774 e. The molecule has 0 spiro atoms. The third-order valence-electron chi connectivity index (χ3n) is 3.78. The van der Waals surface area contributed by atoms with E-state index in [1.807, 2.05) is 12.1 Å². The van der Waals surface area contributed by atoms with E-state index in [1.165, 1.54) is 16.9 Å². The Morgan fingerprint density at radius 1 is 1.11 bits per heavy atom. The van der Waals surface area contributed by atoms with Gasteiger partial charge in [0.1, 0.15) is 0 Å². The summed E-state index contributed by atoms with van der Waals surface area (Å²) in [4.78, 5) is 2.31. The minimum atomic E-state index is -0.0612. The number of benzene rings is 2. The summed E-state index contributed by atoms with van der Waals surface area (Å²) in [5.74, 6) is -0.0612. The van der Waals surface area contributed by atoms with E-state index in [0.717, 1.165) is 18.5 Å². The van der Waals surface area contributed by atoms with Gasteiger partial charge in [0.05, 0.1) is 12.0 Å². The van der Waals surface area contributed by atoms with E-state index in [4.69, 9.17) is 0 Å². The molecular weight excluding hydrogens is 232 g/mol. The Morgan fingerprint density at radius 3 is 2.53 bits per heavy atom. The Bertz CT molecular complexity index is 640. The molecule has 2 nitrogen and oxygen atoms in total. The zero-order valence-electron chi connectivity index (χ0n) is 11.0. The molecular formula is C17H16N2. The largest absolute Gasteiger partial charge is 0.341 e. The van der Waals surface area contributed by atoms with Crippen LogP contribution in [0, 0.1) is 11.3 Å². The first-order chi connectivity index (χ1) is 9.35. The SMILES string of the molecule is CCN1c2ccccc2C[C@@H](C#N)c2ccccc21. The van der Waals surface area contributed by atoms with Crippen molar-refractivity contribution in [1.29, 1.82) is 5.26 Å². The molecule has 2 aromatic carbocycles. The number of nitriles is 1. The van der Waals surface area contributed by atoms with Crippen LogP contribution in [0.5, 0.6) is 0 Å². The Hall–Kier alpha value is -2.27. The first kappa shape index (κ1) is 11.8. The summed E-state index contributed by atoms with van der Waals surface area (Å²) in [7, 11) is 0. The maximum Gasteiger partial charge on any atom is 0.0774 e. The number of hydrogen-bond donors (Lipinski definition) is 0. The molecule has 0 bridgehead atoms. The Balaban J connectivity index is 2.26. The molecule has 1 heterocycles. The Morgan fingerprint density at radius 2 is 1.79 bits per heavy atom. The van der Waals surface area contributed by atoms with Crippen LogP contribution in [0.2, 0.25) is 0 Å². The van der Waals surface area contributed by atoms with Crippen molar-refractivity contribution in [2.24, 2.45) is 0 Å². The van der Waals surface area contributed by atoms with Gasteiger partial charge in [-0.05, 0) is 36.6 Å². The highest BCUT2D eigenvalue weighted by molar-refractivity contribution is 5.72. The normalized spacial score (nSPS) is 17.1. The lowest BCUT2D eigenvalue weighted by Crippen LogP contribution is -2.17. The van der Waals surface area contributed by atoms with Gasteiger partial charge in [-0.2, -0.15) is 5.26 Å². The fraction of sp³-hybridized carbons (Fsp3) is 0.235. The van der Waals surface area contributed by atoms with Gasteiger partial charge in [-0.25, -0.2) is 0 Å². The summed E-state index contributed by atoms with van der Waals surface area (Å²) >= 11 is 0. The van der Waals surface area contributed by atoms with Crippen LogP contribution in [0.1, 0.15) is 24.0 Å². The summed E-state index contributed by atoms with van der Waals surface area (Å²) < 4.78 is 0. The first-order valence-electron chi connectivity index (χ1n) is 6.69. The lowest BCUT2D eigenvalue weighted by Gasteiger charge is -2.25. The molecule has 0 aromatic heterocycles. The highest BCUT2D eigenvalue weighted by Crippen LogP contribution is 2.40. The molecule has 2 aromatic rings. The van der Waals surface area contributed by atoms with Crippen LogP contribution in [0.15, 0.2) is 48.5 Å². The van der Waals surface area contributed by atoms with Crippen LogP contribution in [0.4, 0.5) is 11.4 Å². The van der Waals surface area contributed by atoms with Gasteiger partial charge in [-0.3, -0.25) is 0 Å². The van der Waals surface area contributed by atoms with E-state index in [2.05, 4.69) is 54.3 Å². The van der Waals surface area contributed by atoms with Crippen molar-refractivity contribution in [3.8, 4) is 6.07 Å². The second-order valence-corrected chi connectivity index (χ2v) is 4.82. The molecule has 0 saturated carbocycles. The van der Waals surface area contributed by atoms with Gasteiger partial charge in [-0.15, -0.1) is 0 Å². The highest BCUT2D eigenvalue weighted by atomic mass is 15.1. The van der Waals surface area contributed by atoms with Gasteiger partial charge >= 0.3 is 0 Å². The maximum absolute atomic E-state index is 9.48. The quantitative estimate of drug-likeness (QED) is 0.762. The Labute approximate surface area is 113 Å². The average Bonchev–Trinajstić information content (AvgIpc) is 2.61. The molecule has 0 N–H and O–H groups in total. The predicted octanol–water partition coefficient (Wildman–Crippen LogP) is 4.01. The van der Waals surface area contributed by atoms with Gasteiger partial charge in [0, 0.05) is 17.9 Å². The van der Waals surface area contributed by atoms with Crippen molar-refractivity contribution >= 4 is 11.4 Å². The topological polar surface area (TPSA) is 27.0 Å². The molecule has 3 rings (SSSR count). The molecule has 2 heteroatoms. The monoisotopic (exact) mass is 248 g/mol. The number of anilines is 2. The summed E-state index contributed by atoms with van der Waals surface area (Å²) in [6.07, 6.45) is 0.792. The maximum atomic E-state index is 9.48. The second kappa shape index (κ2) is 4.78. The molecule has 94 valence electrons. The third-order valence-corrected chi connectivity index (χ3v) is 3.78. The van der Waals surface area contributed by atoms with Crippen molar-refractivity contribution in [1.82, 2.24) is 0 Å². The predicted molar refractivity (Wildman–Crippen MR) is 77.6 cm³/mol. The van der Waals surface area contributed by atoms with Gasteiger partial charge in [-0.1, -0.05) is 36.4 Å². The third kappa shape index (κ3) is 1.88. The van der Waals surface area contributed by atoms with Crippen molar-refractivity contribution < 1.29 is 0 Å². The van der Waals surface area contributed by atoms with Gasteiger partial charge < -0.3 is 4.90 Å². The summed E-state index contributed by atoms with van der Waals surface area (Å²) in [5.41, 5.74) is 4.80. The summed E-state index contributed by atoms with van der Waals surface area (Å²) in [6, 6.07) is 19.1. The number of para-hydroxylation sites is 2. The van der Waals surface area contributed by atoms with E-state index in [9.17, 15) is 5.26 Å². The first-order valence-corrected chi connectivity index (χ1v) is 6.69. The number of rotatable bonds is 1.